The molecule has 110 valence electrons. The number of carbonyl (C=O) groups excluding carboxylic acids is 2. The number of carbonyl (C=O) groups is 2. The summed E-state index contributed by atoms with van der Waals surface area (Å²) in [6.45, 7) is 3.63. The molecular formula is C15H15NO5. The Hall–Kier alpha value is -2.81. The molecule has 6 heteroatoms. The number of ketones is 1. The van der Waals surface area contributed by atoms with E-state index >= 15 is 0 Å². The summed E-state index contributed by atoms with van der Waals surface area (Å²) in [5.41, 5.74) is 0.346. The first kappa shape index (κ1) is 16.2. The van der Waals surface area contributed by atoms with Crippen molar-refractivity contribution < 1.29 is 24.2 Å². The molecule has 0 unspecified atom stereocenters. The standard InChI is InChI=1S/C15H15NO5/c1-9(2)21-14-5-4-10(6-11(14)8-16)12(17)7-13(18)15(19)20-3/h4-7,9,18H,1-3H3/b13-7-. The molecule has 0 aromatic heterocycles. The van der Waals surface area contributed by atoms with E-state index in [0.29, 0.717) is 5.75 Å². The molecule has 0 aliphatic carbocycles. The van der Waals surface area contributed by atoms with E-state index in [-0.39, 0.29) is 17.2 Å². The lowest BCUT2D eigenvalue weighted by atomic mass is 10.1. The van der Waals surface area contributed by atoms with E-state index in [4.69, 9.17) is 10.00 Å². The van der Waals surface area contributed by atoms with E-state index in [1.54, 1.807) is 0 Å². The zero-order chi connectivity index (χ0) is 16.0. The normalized spacial score (nSPS) is 10.9. The third-order valence-electron chi connectivity index (χ3n) is 2.41. The molecule has 0 spiro atoms. The quantitative estimate of drug-likeness (QED) is 0.386. The number of aliphatic hydroxyl groups is 1. The molecule has 1 N–H and O–H groups in total. The lowest BCUT2D eigenvalue weighted by Crippen LogP contribution is -2.09. The van der Waals surface area contributed by atoms with E-state index < -0.39 is 17.5 Å². The van der Waals surface area contributed by atoms with Crippen LogP contribution in [0.15, 0.2) is 30.0 Å². The van der Waals surface area contributed by atoms with Gasteiger partial charge in [0.25, 0.3) is 0 Å². The van der Waals surface area contributed by atoms with Gasteiger partial charge in [-0.1, -0.05) is 0 Å². The van der Waals surface area contributed by atoms with Gasteiger partial charge in [0.15, 0.2) is 5.78 Å². The predicted octanol–water partition coefficient (Wildman–Crippen LogP) is 2.14. The number of benzene rings is 1. The number of ether oxygens (including phenoxy) is 2. The Morgan fingerprint density at radius 2 is 2.05 bits per heavy atom. The Morgan fingerprint density at radius 3 is 2.57 bits per heavy atom. The molecule has 0 amide bonds. The van der Waals surface area contributed by atoms with Crippen LogP contribution < -0.4 is 4.74 Å². The Balaban J connectivity index is 3.08. The van der Waals surface area contributed by atoms with Gasteiger partial charge >= 0.3 is 5.97 Å². The monoisotopic (exact) mass is 289 g/mol. The van der Waals surface area contributed by atoms with Gasteiger partial charge in [-0.25, -0.2) is 4.79 Å². The predicted molar refractivity (Wildman–Crippen MR) is 74.0 cm³/mol. The van der Waals surface area contributed by atoms with Crippen LogP contribution in [0.4, 0.5) is 0 Å². The molecule has 1 aromatic rings. The fourth-order valence-corrected chi connectivity index (χ4v) is 1.50. The largest absolute Gasteiger partial charge is 0.502 e. The van der Waals surface area contributed by atoms with Gasteiger partial charge in [0, 0.05) is 11.6 Å². The van der Waals surface area contributed by atoms with Gasteiger partial charge in [-0.2, -0.15) is 5.26 Å². The van der Waals surface area contributed by atoms with E-state index in [1.165, 1.54) is 18.2 Å². The van der Waals surface area contributed by atoms with Gasteiger partial charge in [-0.15, -0.1) is 0 Å². The fraction of sp³-hybridized carbons (Fsp3) is 0.267. The van der Waals surface area contributed by atoms with Crippen molar-refractivity contribution >= 4 is 11.8 Å². The van der Waals surface area contributed by atoms with Gasteiger partial charge in [-0.3, -0.25) is 4.79 Å². The second kappa shape index (κ2) is 7.10. The van der Waals surface area contributed by atoms with Crippen molar-refractivity contribution in [1.29, 1.82) is 5.26 Å². The molecule has 0 atom stereocenters. The highest BCUT2D eigenvalue weighted by Gasteiger charge is 2.13. The van der Waals surface area contributed by atoms with Crippen molar-refractivity contribution in [1.82, 2.24) is 0 Å². The Bertz CT molecular complexity index is 625. The minimum absolute atomic E-state index is 0.109. The zero-order valence-corrected chi connectivity index (χ0v) is 11.9. The molecule has 1 aromatic carbocycles. The molecule has 0 heterocycles. The SMILES string of the molecule is COC(=O)/C(O)=C/C(=O)c1ccc(OC(C)C)c(C#N)c1. The highest BCUT2D eigenvalue weighted by Crippen LogP contribution is 2.21. The van der Waals surface area contributed by atoms with Crippen LogP contribution >= 0.6 is 0 Å². The molecule has 0 bridgehead atoms. The third-order valence-corrected chi connectivity index (χ3v) is 2.41. The van der Waals surface area contributed by atoms with E-state index in [2.05, 4.69) is 4.74 Å². The summed E-state index contributed by atoms with van der Waals surface area (Å²) in [5, 5.41) is 18.4. The summed E-state index contributed by atoms with van der Waals surface area (Å²) < 4.78 is 9.71. The highest BCUT2D eigenvalue weighted by atomic mass is 16.5. The highest BCUT2D eigenvalue weighted by molar-refractivity contribution is 6.08. The maximum absolute atomic E-state index is 11.9. The molecule has 0 radical (unpaired) electrons. The molecule has 0 fully saturated rings. The number of hydrogen-bond acceptors (Lipinski definition) is 6. The van der Waals surface area contributed by atoms with Crippen LogP contribution in [0.3, 0.4) is 0 Å². The lowest BCUT2D eigenvalue weighted by Gasteiger charge is -2.11. The van der Waals surface area contributed by atoms with Crippen molar-refractivity contribution in [3.63, 3.8) is 0 Å². The summed E-state index contributed by atoms with van der Waals surface area (Å²) >= 11 is 0. The minimum atomic E-state index is -1.01. The lowest BCUT2D eigenvalue weighted by molar-refractivity contribution is -0.139. The van der Waals surface area contributed by atoms with Crippen LogP contribution in [0.2, 0.25) is 0 Å². The summed E-state index contributed by atoms with van der Waals surface area (Å²) in [7, 11) is 1.09. The first-order valence-corrected chi connectivity index (χ1v) is 6.13. The number of hydrogen-bond donors (Lipinski definition) is 1. The average Bonchev–Trinajstić information content (AvgIpc) is 2.45. The second-order valence-corrected chi connectivity index (χ2v) is 4.37. The van der Waals surface area contributed by atoms with Crippen LogP contribution in [-0.2, 0) is 9.53 Å². The number of methoxy groups -OCH3 is 1. The molecule has 0 saturated heterocycles. The molecule has 0 aliphatic heterocycles. The third kappa shape index (κ3) is 4.35. The van der Waals surface area contributed by atoms with Crippen molar-refractivity contribution in [2.45, 2.75) is 20.0 Å². The summed E-state index contributed by atoms with van der Waals surface area (Å²) in [6, 6.07) is 6.21. The number of aliphatic hydroxyl groups excluding tert-OH is 1. The second-order valence-electron chi connectivity index (χ2n) is 4.37. The number of nitrogens with zero attached hydrogens (tertiary/aromatic N) is 1. The van der Waals surface area contributed by atoms with Gasteiger partial charge in [-0.05, 0) is 32.0 Å². The summed E-state index contributed by atoms with van der Waals surface area (Å²) in [4.78, 5) is 22.9. The van der Waals surface area contributed by atoms with E-state index in [9.17, 15) is 14.7 Å². The van der Waals surface area contributed by atoms with E-state index in [1.807, 2.05) is 19.9 Å². The molecule has 0 saturated carbocycles. The molecule has 6 nitrogen and oxygen atoms in total. The topological polar surface area (TPSA) is 96.6 Å². The number of allylic oxidation sites excluding steroid dienone is 1. The van der Waals surface area contributed by atoms with Crippen molar-refractivity contribution in [2.24, 2.45) is 0 Å². The van der Waals surface area contributed by atoms with Gasteiger partial charge in [0.05, 0.1) is 18.8 Å². The first-order valence-electron chi connectivity index (χ1n) is 6.13. The number of esters is 1. The van der Waals surface area contributed by atoms with Crippen LogP contribution in [0, 0.1) is 11.3 Å². The maximum atomic E-state index is 11.9. The average molecular weight is 289 g/mol. The molecule has 1 rings (SSSR count). The van der Waals surface area contributed by atoms with Crippen LogP contribution in [0.1, 0.15) is 29.8 Å². The van der Waals surface area contributed by atoms with Crippen molar-refractivity contribution in [3.8, 4) is 11.8 Å². The van der Waals surface area contributed by atoms with E-state index in [0.717, 1.165) is 13.2 Å². The summed E-state index contributed by atoms with van der Waals surface area (Å²) in [6.07, 6.45) is 0.632. The van der Waals surface area contributed by atoms with Crippen LogP contribution in [0.25, 0.3) is 0 Å². The zero-order valence-electron chi connectivity index (χ0n) is 11.9. The van der Waals surface area contributed by atoms with Crippen molar-refractivity contribution in [3.05, 3.63) is 41.2 Å². The molecular weight excluding hydrogens is 274 g/mol. The summed E-state index contributed by atoms with van der Waals surface area (Å²) in [5.74, 6) is -2.07. The number of rotatable bonds is 5. The van der Waals surface area contributed by atoms with Crippen molar-refractivity contribution in [2.75, 3.05) is 7.11 Å². The van der Waals surface area contributed by atoms with Crippen LogP contribution in [-0.4, -0.2) is 30.1 Å². The van der Waals surface area contributed by atoms with Crippen LogP contribution in [0.5, 0.6) is 5.75 Å². The minimum Gasteiger partial charge on any atom is -0.502 e. The fourth-order valence-electron chi connectivity index (χ4n) is 1.50. The maximum Gasteiger partial charge on any atom is 0.373 e. The Labute approximate surface area is 122 Å². The smallest absolute Gasteiger partial charge is 0.373 e. The Kier molecular flexibility index (Phi) is 5.49. The molecule has 0 aliphatic rings. The first-order chi connectivity index (χ1) is 9.88. The molecule has 21 heavy (non-hydrogen) atoms. The van der Waals surface area contributed by atoms with Gasteiger partial charge in [0.1, 0.15) is 11.8 Å². The van der Waals surface area contributed by atoms with Gasteiger partial charge < -0.3 is 14.6 Å². The Morgan fingerprint density at radius 1 is 1.38 bits per heavy atom. The van der Waals surface area contributed by atoms with Gasteiger partial charge in [0.2, 0.25) is 5.76 Å². The number of nitriles is 1.